The van der Waals surface area contributed by atoms with E-state index in [1.165, 1.54) is 47.8 Å². The van der Waals surface area contributed by atoms with Crippen LogP contribution in [0.25, 0.3) is 0 Å². The lowest BCUT2D eigenvalue weighted by Gasteiger charge is -2.26. The Labute approximate surface area is 218 Å². The molecule has 10 heteroatoms. The first-order chi connectivity index (χ1) is 18.1. The third-order valence-electron chi connectivity index (χ3n) is 5.65. The van der Waals surface area contributed by atoms with Crippen LogP contribution < -0.4 is 14.4 Å². The molecule has 0 aliphatic rings. The molecule has 6 nitrogen and oxygen atoms in total. The van der Waals surface area contributed by atoms with Gasteiger partial charge in [0.2, 0.25) is 0 Å². The topological polar surface area (TPSA) is 75.7 Å². The van der Waals surface area contributed by atoms with Gasteiger partial charge < -0.3 is 10.1 Å². The van der Waals surface area contributed by atoms with Gasteiger partial charge >= 0.3 is 6.18 Å². The Morgan fingerprint density at radius 3 is 2.26 bits per heavy atom. The van der Waals surface area contributed by atoms with Crippen molar-refractivity contribution in [2.75, 3.05) is 16.7 Å². The minimum atomic E-state index is -4.57. The highest BCUT2D eigenvalue weighted by atomic mass is 32.2. The Balaban J connectivity index is 1.69. The normalized spacial score (nSPS) is 11.6. The molecule has 196 valence electrons. The van der Waals surface area contributed by atoms with E-state index in [1.54, 1.807) is 48.5 Å². The van der Waals surface area contributed by atoms with Gasteiger partial charge in [0.25, 0.3) is 15.9 Å². The van der Waals surface area contributed by atoms with E-state index in [-0.39, 0.29) is 22.7 Å². The molecule has 4 aromatic carbocycles. The van der Waals surface area contributed by atoms with Crippen LogP contribution in [0.2, 0.25) is 0 Å². The summed E-state index contributed by atoms with van der Waals surface area (Å²) < 4.78 is 73.5. The van der Waals surface area contributed by atoms with Crippen LogP contribution in [0.3, 0.4) is 0 Å². The molecule has 0 unspecified atom stereocenters. The van der Waals surface area contributed by atoms with Gasteiger partial charge in [-0.1, -0.05) is 54.6 Å². The lowest BCUT2D eigenvalue weighted by molar-refractivity contribution is -0.137. The van der Waals surface area contributed by atoms with Crippen molar-refractivity contribution in [1.29, 1.82) is 0 Å². The highest BCUT2D eigenvalue weighted by Gasteiger charge is 2.31. The third-order valence-corrected chi connectivity index (χ3v) is 7.41. The van der Waals surface area contributed by atoms with E-state index in [9.17, 15) is 26.4 Å². The average Bonchev–Trinajstić information content (AvgIpc) is 2.92. The van der Waals surface area contributed by atoms with Crippen molar-refractivity contribution in [3.63, 3.8) is 0 Å². The van der Waals surface area contributed by atoms with E-state index in [0.717, 1.165) is 17.7 Å². The van der Waals surface area contributed by atoms with Crippen molar-refractivity contribution in [3.8, 4) is 5.75 Å². The van der Waals surface area contributed by atoms with Gasteiger partial charge in [0, 0.05) is 11.3 Å². The summed E-state index contributed by atoms with van der Waals surface area (Å²) in [5, 5.41) is 2.40. The summed E-state index contributed by atoms with van der Waals surface area (Å²) in [6, 6.07) is 25.1. The fourth-order valence-corrected chi connectivity index (χ4v) is 5.30. The highest BCUT2D eigenvalue weighted by molar-refractivity contribution is 7.92. The SMILES string of the molecule is COc1ccccc1N(Cc1ccccc1)S(=O)(=O)c1cccc(C(=O)Nc2cccc(C(F)(F)F)c2)c1. The molecule has 0 saturated carbocycles. The highest BCUT2D eigenvalue weighted by Crippen LogP contribution is 2.34. The number of para-hydroxylation sites is 2. The van der Waals surface area contributed by atoms with E-state index in [2.05, 4.69) is 5.32 Å². The maximum absolute atomic E-state index is 13.9. The summed E-state index contributed by atoms with van der Waals surface area (Å²) in [5.41, 5.74) is -0.000857. The van der Waals surface area contributed by atoms with Gasteiger partial charge in [0.1, 0.15) is 5.75 Å². The second-order valence-corrected chi connectivity index (χ2v) is 10.1. The lowest BCUT2D eigenvalue weighted by Crippen LogP contribution is -2.31. The number of carbonyl (C=O) groups excluding carboxylic acids is 1. The number of methoxy groups -OCH3 is 1. The number of ether oxygens (including phenoxy) is 1. The second kappa shape index (κ2) is 11.0. The number of nitrogens with one attached hydrogen (secondary N) is 1. The quantitative estimate of drug-likeness (QED) is 0.282. The number of rotatable bonds is 8. The third kappa shape index (κ3) is 5.97. The number of nitrogens with zero attached hydrogens (tertiary/aromatic N) is 1. The molecular weight excluding hydrogens is 517 g/mol. The maximum Gasteiger partial charge on any atom is 0.416 e. The number of hydrogen-bond acceptors (Lipinski definition) is 4. The largest absolute Gasteiger partial charge is 0.495 e. The molecule has 0 heterocycles. The first-order valence-corrected chi connectivity index (χ1v) is 12.8. The molecule has 0 radical (unpaired) electrons. The average molecular weight is 541 g/mol. The number of anilines is 2. The maximum atomic E-state index is 13.9. The minimum Gasteiger partial charge on any atom is -0.495 e. The van der Waals surface area contributed by atoms with Crippen LogP contribution in [-0.4, -0.2) is 21.4 Å². The van der Waals surface area contributed by atoms with Crippen LogP contribution in [0.15, 0.2) is 108 Å². The molecule has 0 saturated heterocycles. The summed E-state index contributed by atoms with van der Waals surface area (Å²) in [6.07, 6.45) is -4.57. The Morgan fingerprint density at radius 1 is 0.868 bits per heavy atom. The smallest absolute Gasteiger partial charge is 0.416 e. The van der Waals surface area contributed by atoms with E-state index >= 15 is 0 Å². The van der Waals surface area contributed by atoms with E-state index < -0.39 is 27.7 Å². The zero-order valence-electron chi connectivity index (χ0n) is 20.1. The first-order valence-electron chi connectivity index (χ1n) is 11.4. The van der Waals surface area contributed by atoms with Crippen molar-refractivity contribution >= 4 is 27.3 Å². The van der Waals surface area contributed by atoms with Gasteiger partial charge in [-0.2, -0.15) is 13.2 Å². The van der Waals surface area contributed by atoms with Gasteiger partial charge in [0.15, 0.2) is 0 Å². The van der Waals surface area contributed by atoms with Crippen molar-refractivity contribution in [2.45, 2.75) is 17.6 Å². The molecule has 4 rings (SSSR count). The number of carbonyl (C=O) groups is 1. The first kappa shape index (κ1) is 26.7. The molecule has 4 aromatic rings. The van der Waals surface area contributed by atoms with E-state index in [1.807, 2.05) is 6.07 Å². The van der Waals surface area contributed by atoms with Crippen LogP contribution in [0.5, 0.6) is 5.75 Å². The van der Waals surface area contributed by atoms with Gasteiger partial charge in [0.05, 0.1) is 29.8 Å². The Hall–Kier alpha value is -4.31. The predicted molar refractivity (Wildman–Crippen MR) is 139 cm³/mol. The molecule has 0 fully saturated rings. The van der Waals surface area contributed by atoms with Gasteiger partial charge in [-0.05, 0) is 54.1 Å². The summed E-state index contributed by atoms with van der Waals surface area (Å²) in [7, 11) is -2.78. The van der Waals surface area contributed by atoms with Gasteiger partial charge in [-0.15, -0.1) is 0 Å². The molecule has 1 amide bonds. The fourth-order valence-electron chi connectivity index (χ4n) is 3.79. The molecule has 38 heavy (non-hydrogen) atoms. The molecule has 0 spiro atoms. The summed E-state index contributed by atoms with van der Waals surface area (Å²) in [6.45, 7) is -0.00972. The summed E-state index contributed by atoms with van der Waals surface area (Å²) in [5.74, 6) is -0.418. The second-order valence-electron chi connectivity index (χ2n) is 8.23. The van der Waals surface area contributed by atoms with Gasteiger partial charge in [-0.25, -0.2) is 8.42 Å². The number of hydrogen-bond donors (Lipinski definition) is 1. The van der Waals surface area contributed by atoms with Crippen molar-refractivity contribution in [2.24, 2.45) is 0 Å². The zero-order valence-corrected chi connectivity index (χ0v) is 21.0. The van der Waals surface area contributed by atoms with E-state index in [4.69, 9.17) is 4.74 Å². The minimum absolute atomic E-state index is 0.00972. The zero-order chi connectivity index (χ0) is 27.3. The van der Waals surface area contributed by atoms with E-state index in [0.29, 0.717) is 11.4 Å². The number of amides is 1. The summed E-state index contributed by atoms with van der Waals surface area (Å²) >= 11 is 0. The monoisotopic (exact) mass is 540 g/mol. The number of benzene rings is 4. The number of halogens is 3. The van der Waals surface area contributed by atoms with Crippen LogP contribution >= 0.6 is 0 Å². The Bertz CT molecular complexity index is 1540. The molecule has 1 N–H and O–H groups in total. The molecule has 0 aliphatic heterocycles. The standard InChI is InChI=1S/C28H23F3N2O4S/c1-37-26-16-6-5-15-25(26)33(19-20-9-3-2-4-10-20)38(35,36)24-14-7-11-21(17-24)27(34)32-23-13-8-12-22(18-23)28(29,30)31/h2-18H,19H2,1H3,(H,32,34). The van der Waals surface area contributed by atoms with Crippen LogP contribution in [0.1, 0.15) is 21.5 Å². The molecule has 0 bridgehead atoms. The Kier molecular flexibility index (Phi) is 7.72. The molecule has 0 atom stereocenters. The predicted octanol–water partition coefficient (Wildman–Crippen LogP) is 6.36. The molecule has 0 aliphatic carbocycles. The van der Waals surface area contributed by atoms with Gasteiger partial charge in [-0.3, -0.25) is 9.10 Å². The Morgan fingerprint density at radius 2 is 1.55 bits per heavy atom. The van der Waals surface area contributed by atoms with Crippen molar-refractivity contribution in [1.82, 2.24) is 0 Å². The van der Waals surface area contributed by atoms with Crippen LogP contribution in [0, 0.1) is 0 Å². The number of alkyl halides is 3. The fraction of sp³-hybridized carbons (Fsp3) is 0.107. The van der Waals surface area contributed by atoms with Crippen molar-refractivity contribution < 1.29 is 31.1 Å². The van der Waals surface area contributed by atoms with Crippen LogP contribution in [-0.2, 0) is 22.7 Å². The summed E-state index contributed by atoms with van der Waals surface area (Å²) in [4.78, 5) is 12.7. The lowest BCUT2D eigenvalue weighted by atomic mass is 10.1. The molecular formula is C28H23F3N2O4S. The molecule has 0 aromatic heterocycles. The van der Waals surface area contributed by atoms with Crippen LogP contribution in [0.4, 0.5) is 24.5 Å². The van der Waals surface area contributed by atoms with Crippen molar-refractivity contribution in [3.05, 3.63) is 120 Å². The number of sulfonamides is 1.